The van der Waals surface area contributed by atoms with Crippen LogP contribution in [0.25, 0.3) is 0 Å². The van der Waals surface area contributed by atoms with Gasteiger partial charge in [-0.15, -0.1) is 11.3 Å². The average molecular weight is 484 g/mol. The number of benzene rings is 1. The molecule has 2 N–H and O–H groups in total. The third-order valence-corrected chi connectivity index (χ3v) is 8.26. The highest BCUT2D eigenvalue weighted by molar-refractivity contribution is 7.17. The number of hydrogen-bond acceptors (Lipinski definition) is 5. The van der Waals surface area contributed by atoms with Gasteiger partial charge in [0.1, 0.15) is 5.00 Å². The molecule has 1 aromatic heterocycles. The molecule has 1 saturated heterocycles. The quantitative estimate of drug-likeness (QED) is 0.608. The number of para-hydroxylation sites is 1. The van der Waals surface area contributed by atoms with Gasteiger partial charge in [0.2, 0.25) is 5.91 Å². The van der Waals surface area contributed by atoms with Gasteiger partial charge in [-0.2, -0.15) is 0 Å². The average Bonchev–Trinajstić information content (AvgIpc) is 3.16. The van der Waals surface area contributed by atoms with Crippen LogP contribution in [0.5, 0.6) is 0 Å². The molecule has 2 aliphatic rings. The van der Waals surface area contributed by atoms with Crippen LogP contribution in [0.3, 0.4) is 0 Å². The zero-order chi connectivity index (χ0) is 24.3. The molecule has 1 aliphatic heterocycles. The van der Waals surface area contributed by atoms with E-state index in [1.807, 2.05) is 24.3 Å². The topological polar surface area (TPSA) is 70.7 Å². The molecule has 4 rings (SSSR count). The number of rotatable bonds is 6. The van der Waals surface area contributed by atoms with Crippen LogP contribution in [-0.4, -0.2) is 49.6 Å². The van der Waals surface area contributed by atoms with Crippen molar-refractivity contribution in [2.45, 2.75) is 53.4 Å². The number of hydrogen-bond donors (Lipinski definition) is 2. The van der Waals surface area contributed by atoms with Gasteiger partial charge in [-0.25, -0.2) is 0 Å². The number of nitrogens with zero attached hydrogens (tertiary/aromatic N) is 1. The van der Waals surface area contributed by atoms with Crippen LogP contribution < -0.4 is 10.6 Å². The number of amides is 2. The van der Waals surface area contributed by atoms with Crippen molar-refractivity contribution in [2.24, 2.45) is 11.3 Å². The van der Waals surface area contributed by atoms with E-state index in [2.05, 4.69) is 43.2 Å². The molecule has 0 spiro atoms. The van der Waals surface area contributed by atoms with Crippen LogP contribution in [0.1, 0.15) is 60.5 Å². The van der Waals surface area contributed by atoms with E-state index in [0.29, 0.717) is 36.2 Å². The fourth-order valence-electron chi connectivity index (χ4n) is 4.92. The Balaban J connectivity index is 1.61. The van der Waals surface area contributed by atoms with Crippen LogP contribution in [-0.2, 0) is 28.8 Å². The molecule has 2 amide bonds. The third kappa shape index (κ3) is 5.70. The summed E-state index contributed by atoms with van der Waals surface area (Å²) in [6.07, 6.45) is 3.72. The molecule has 1 aliphatic carbocycles. The summed E-state index contributed by atoms with van der Waals surface area (Å²) in [6.45, 7) is 12.1. The normalized spacial score (nSPS) is 18.9. The van der Waals surface area contributed by atoms with E-state index in [-0.39, 0.29) is 17.2 Å². The highest BCUT2D eigenvalue weighted by Crippen LogP contribution is 2.44. The van der Waals surface area contributed by atoms with Crippen molar-refractivity contribution >= 4 is 33.8 Å². The van der Waals surface area contributed by atoms with Crippen molar-refractivity contribution in [2.75, 3.05) is 43.5 Å². The first-order valence-corrected chi connectivity index (χ1v) is 13.2. The van der Waals surface area contributed by atoms with Crippen LogP contribution in [0.2, 0.25) is 0 Å². The monoisotopic (exact) mass is 483 g/mol. The van der Waals surface area contributed by atoms with Gasteiger partial charge in [-0.3, -0.25) is 14.5 Å². The Kier molecular flexibility index (Phi) is 7.75. The molecule has 0 radical (unpaired) electrons. The number of thiophene rings is 1. The van der Waals surface area contributed by atoms with E-state index in [1.165, 1.54) is 4.88 Å². The first kappa shape index (κ1) is 24.9. The Bertz CT molecular complexity index is 1030. The molecular formula is C27H37N3O3S. The zero-order valence-electron chi connectivity index (χ0n) is 20.8. The second-order valence-electron chi connectivity index (χ2n) is 10.4. The highest BCUT2D eigenvalue weighted by atomic mass is 32.1. The Morgan fingerprint density at radius 1 is 1.15 bits per heavy atom. The van der Waals surface area contributed by atoms with Crippen molar-refractivity contribution in [1.29, 1.82) is 0 Å². The van der Waals surface area contributed by atoms with E-state index >= 15 is 0 Å². The molecule has 184 valence electrons. The van der Waals surface area contributed by atoms with Gasteiger partial charge in [0.25, 0.3) is 5.91 Å². The van der Waals surface area contributed by atoms with E-state index in [1.54, 1.807) is 11.3 Å². The minimum absolute atomic E-state index is 0.0733. The van der Waals surface area contributed by atoms with Crippen molar-refractivity contribution < 1.29 is 14.3 Å². The Labute approximate surface area is 207 Å². The van der Waals surface area contributed by atoms with E-state index in [9.17, 15) is 9.59 Å². The van der Waals surface area contributed by atoms with Gasteiger partial charge >= 0.3 is 0 Å². The summed E-state index contributed by atoms with van der Waals surface area (Å²) in [7, 11) is 0. The summed E-state index contributed by atoms with van der Waals surface area (Å²) < 4.78 is 5.39. The number of ether oxygens (including phenoxy) is 1. The fraction of sp³-hybridized carbons (Fsp3) is 0.556. The molecule has 6 nitrogen and oxygen atoms in total. The van der Waals surface area contributed by atoms with Crippen LogP contribution in [0.4, 0.5) is 10.7 Å². The zero-order valence-corrected chi connectivity index (χ0v) is 21.6. The summed E-state index contributed by atoms with van der Waals surface area (Å²) in [5.41, 5.74) is 3.91. The number of morpholine rings is 1. The van der Waals surface area contributed by atoms with Crippen molar-refractivity contribution in [3.05, 3.63) is 45.8 Å². The van der Waals surface area contributed by atoms with Crippen molar-refractivity contribution in [1.82, 2.24) is 4.90 Å². The summed E-state index contributed by atoms with van der Waals surface area (Å²) in [4.78, 5) is 29.9. The smallest absolute Gasteiger partial charge is 0.258 e. The summed E-state index contributed by atoms with van der Waals surface area (Å²) in [5.74, 6) is 0.359. The lowest BCUT2D eigenvalue weighted by atomic mass is 9.72. The molecule has 1 unspecified atom stereocenters. The summed E-state index contributed by atoms with van der Waals surface area (Å²) in [6, 6.07) is 7.92. The van der Waals surface area contributed by atoms with Gasteiger partial charge in [0.15, 0.2) is 0 Å². The number of carbonyl (C=O) groups is 2. The van der Waals surface area contributed by atoms with E-state index < -0.39 is 0 Å². The first-order valence-electron chi connectivity index (χ1n) is 12.4. The minimum atomic E-state index is -0.130. The fourth-order valence-corrected chi connectivity index (χ4v) is 6.26. The molecule has 2 aromatic rings. The van der Waals surface area contributed by atoms with Gasteiger partial charge < -0.3 is 15.4 Å². The second kappa shape index (κ2) is 10.6. The minimum Gasteiger partial charge on any atom is -0.379 e. The van der Waals surface area contributed by atoms with Crippen molar-refractivity contribution in [3.63, 3.8) is 0 Å². The lowest BCUT2D eigenvalue weighted by Crippen LogP contribution is -2.41. The predicted molar refractivity (Wildman–Crippen MR) is 139 cm³/mol. The Morgan fingerprint density at radius 3 is 2.59 bits per heavy atom. The maximum atomic E-state index is 13.6. The standard InChI is InChI=1S/C27H37N3O3S/c1-5-18-8-6-7-9-21(18)28-25(32)24-20-11-10-19(27(2,3)4)16-22(20)34-26(24)29-23(31)17-30-12-14-33-15-13-30/h6-9,19H,5,10-17H2,1-4H3,(H,28,32)(H,29,31). The maximum absolute atomic E-state index is 13.6. The molecule has 0 bridgehead atoms. The lowest BCUT2D eigenvalue weighted by molar-refractivity contribution is -0.118. The first-order chi connectivity index (χ1) is 16.3. The number of fused-ring (bicyclic) bond motifs is 1. The predicted octanol–water partition coefficient (Wildman–Crippen LogP) is 4.98. The van der Waals surface area contributed by atoms with Gasteiger partial charge in [0.05, 0.1) is 25.3 Å². The SMILES string of the molecule is CCc1ccccc1NC(=O)c1c(NC(=O)CN2CCOCC2)sc2c1CCC(C(C)(C)C)C2. The number of nitrogens with one attached hydrogen (secondary N) is 2. The Hall–Kier alpha value is -2.22. The highest BCUT2D eigenvalue weighted by Gasteiger charge is 2.34. The molecule has 1 aromatic carbocycles. The third-order valence-electron chi connectivity index (χ3n) is 7.09. The van der Waals surface area contributed by atoms with Crippen LogP contribution >= 0.6 is 11.3 Å². The molecule has 1 atom stereocenters. The van der Waals surface area contributed by atoms with Gasteiger partial charge in [0, 0.05) is 23.7 Å². The van der Waals surface area contributed by atoms with E-state index in [4.69, 9.17) is 4.74 Å². The number of aryl methyl sites for hydroxylation is 1. The van der Waals surface area contributed by atoms with Crippen LogP contribution in [0, 0.1) is 11.3 Å². The Morgan fingerprint density at radius 2 is 1.88 bits per heavy atom. The number of carbonyl (C=O) groups excluding carboxylic acids is 2. The largest absolute Gasteiger partial charge is 0.379 e. The molecular weight excluding hydrogens is 446 g/mol. The maximum Gasteiger partial charge on any atom is 0.258 e. The molecule has 0 saturated carbocycles. The molecule has 1 fully saturated rings. The van der Waals surface area contributed by atoms with Gasteiger partial charge in [-0.1, -0.05) is 45.9 Å². The second-order valence-corrected chi connectivity index (χ2v) is 11.5. The lowest BCUT2D eigenvalue weighted by Gasteiger charge is -2.33. The molecule has 2 heterocycles. The van der Waals surface area contributed by atoms with Crippen LogP contribution in [0.15, 0.2) is 24.3 Å². The summed E-state index contributed by atoms with van der Waals surface area (Å²) in [5, 5.41) is 6.92. The summed E-state index contributed by atoms with van der Waals surface area (Å²) >= 11 is 1.59. The van der Waals surface area contributed by atoms with Crippen molar-refractivity contribution in [3.8, 4) is 0 Å². The molecule has 7 heteroatoms. The van der Waals surface area contributed by atoms with Gasteiger partial charge in [-0.05, 0) is 54.2 Å². The molecule has 34 heavy (non-hydrogen) atoms. The number of anilines is 2. The van der Waals surface area contributed by atoms with E-state index in [0.717, 1.165) is 55.6 Å².